The van der Waals surface area contributed by atoms with Crippen LogP contribution in [0, 0.1) is 0 Å². The number of esters is 1. The van der Waals surface area contributed by atoms with Crippen molar-refractivity contribution in [1.82, 2.24) is 4.98 Å². The first-order valence-corrected chi connectivity index (χ1v) is 6.21. The summed E-state index contributed by atoms with van der Waals surface area (Å²) in [6.07, 6.45) is 1.63. The third-order valence-electron chi connectivity index (χ3n) is 2.86. The van der Waals surface area contributed by atoms with E-state index >= 15 is 0 Å². The van der Waals surface area contributed by atoms with E-state index in [-0.39, 0.29) is 18.0 Å². The van der Waals surface area contributed by atoms with Crippen molar-refractivity contribution in [2.24, 2.45) is 0 Å². The zero-order valence-corrected chi connectivity index (χ0v) is 11.7. The minimum atomic E-state index is -0.648. The number of nitrogens with one attached hydrogen (secondary N) is 1. The molecular weight excluding hydrogens is 274 g/mol. The molecule has 110 valence electrons. The van der Waals surface area contributed by atoms with Gasteiger partial charge in [-0.2, -0.15) is 0 Å². The lowest BCUT2D eigenvalue weighted by atomic mass is 10.2. The Morgan fingerprint density at radius 2 is 1.95 bits per heavy atom. The van der Waals surface area contributed by atoms with E-state index < -0.39 is 5.97 Å². The fourth-order valence-electron chi connectivity index (χ4n) is 1.76. The van der Waals surface area contributed by atoms with Crippen LogP contribution in [0.4, 0.5) is 0 Å². The first-order chi connectivity index (χ1) is 10.2. The van der Waals surface area contributed by atoms with Gasteiger partial charge in [0.1, 0.15) is 17.1 Å². The Hall–Kier alpha value is -2.76. The number of aromatic nitrogens is 1. The average Bonchev–Trinajstić information content (AvgIpc) is 3.06. The molecule has 1 N–H and O–H groups in total. The molecule has 2 rings (SSSR count). The molecule has 0 saturated heterocycles. The van der Waals surface area contributed by atoms with Crippen molar-refractivity contribution in [3.05, 3.63) is 47.8 Å². The molecule has 0 fully saturated rings. The number of ether oxygens (including phenoxy) is 3. The number of benzene rings is 1. The molecule has 0 aliphatic heterocycles. The molecule has 0 bridgehead atoms. The van der Waals surface area contributed by atoms with Crippen molar-refractivity contribution in [3.63, 3.8) is 0 Å². The Morgan fingerprint density at radius 3 is 2.57 bits per heavy atom. The van der Waals surface area contributed by atoms with Crippen LogP contribution in [0.3, 0.4) is 0 Å². The summed E-state index contributed by atoms with van der Waals surface area (Å²) in [6, 6.07) is 8.07. The second-order valence-corrected chi connectivity index (χ2v) is 4.15. The number of rotatable bonds is 6. The summed E-state index contributed by atoms with van der Waals surface area (Å²) in [5.41, 5.74) is 0.594. The predicted molar refractivity (Wildman–Crippen MR) is 75.0 cm³/mol. The van der Waals surface area contributed by atoms with E-state index in [0.717, 1.165) is 0 Å². The minimum absolute atomic E-state index is 0.205. The van der Waals surface area contributed by atoms with E-state index in [1.807, 2.05) is 0 Å². The highest BCUT2D eigenvalue weighted by Gasteiger charge is 2.17. The fourth-order valence-corrected chi connectivity index (χ4v) is 1.76. The van der Waals surface area contributed by atoms with E-state index in [1.54, 1.807) is 30.5 Å². The lowest BCUT2D eigenvalue weighted by Gasteiger charge is -2.09. The molecule has 6 heteroatoms. The zero-order chi connectivity index (χ0) is 15.2. The summed E-state index contributed by atoms with van der Waals surface area (Å²) >= 11 is 0. The number of methoxy groups -OCH3 is 2. The SMILES string of the molecule is COc1ccc(OC)c(C(=O)OCC(=O)c2ccc[nH]2)c1. The van der Waals surface area contributed by atoms with Crippen LogP contribution in [0.1, 0.15) is 20.8 Å². The van der Waals surface area contributed by atoms with Crippen LogP contribution in [0.5, 0.6) is 11.5 Å². The molecule has 0 atom stereocenters. The van der Waals surface area contributed by atoms with E-state index in [9.17, 15) is 9.59 Å². The van der Waals surface area contributed by atoms with Gasteiger partial charge in [-0.1, -0.05) is 0 Å². The summed E-state index contributed by atoms with van der Waals surface area (Å²) in [5.74, 6) is -0.104. The van der Waals surface area contributed by atoms with Gasteiger partial charge in [0.15, 0.2) is 6.61 Å². The van der Waals surface area contributed by atoms with Crippen molar-refractivity contribution in [2.45, 2.75) is 0 Å². The maximum absolute atomic E-state index is 12.0. The van der Waals surface area contributed by atoms with E-state index in [4.69, 9.17) is 14.2 Å². The number of H-pyrrole nitrogens is 1. The molecule has 0 amide bonds. The van der Waals surface area contributed by atoms with Crippen LogP contribution in [-0.4, -0.2) is 37.6 Å². The number of hydrogen-bond acceptors (Lipinski definition) is 5. The van der Waals surface area contributed by atoms with Crippen molar-refractivity contribution in [3.8, 4) is 11.5 Å². The highest BCUT2D eigenvalue weighted by molar-refractivity contribution is 5.99. The number of ketones is 1. The summed E-state index contributed by atoms with van der Waals surface area (Å²) < 4.78 is 15.2. The Bertz CT molecular complexity index is 634. The van der Waals surface area contributed by atoms with Crippen LogP contribution in [0.15, 0.2) is 36.5 Å². The maximum Gasteiger partial charge on any atom is 0.342 e. The molecular formula is C15H15NO5. The summed E-state index contributed by atoms with van der Waals surface area (Å²) in [7, 11) is 2.94. The molecule has 0 radical (unpaired) electrons. The normalized spacial score (nSPS) is 10.0. The highest BCUT2D eigenvalue weighted by atomic mass is 16.5. The largest absolute Gasteiger partial charge is 0.497 e. The van der Waals surface area contributed by atoms with Gasteiger partial charge < -0.3 is 19.2 Å². The van der Waals surface area contributed by atoms with Gasteiger partial charge in [0.2, 0.25) is 5.78 Å². The lowest BCUT2D eigenvalue weighted by Crippen LogP contribution is -2.15. The van der Waals surface area contributed by atoms with Gasteiger partial charge in [-0.3, -0.25) is 4.79 Å². The first kappa shape index (κ1) is 14.6. The van der Waals surface area contributed by atoms with E-state index in [0.29, 0.717) is 17.2 Å². The molecule has 0 aliphatic carbocycles. The van der Waals surface area contributed by atoms with Crippen molar-refractivity contribution >= 4 is 11.8 Å². The number of hydrogen-bond donors (Lipinski definition) is 1. The van der Waals surface area contributed by atoms with Crippen LogP contribution in [-0.2, 0) is 4.74 Å². The molecule has 0 unspecified atom stereocenters. The third-order valence-corrected chi connectivity index (χ3v) is 2.86. The molecule has 0 spiro atoms. The predicted octanol–water partition coefficient (Wildman–Crippen LogP) is 2.07. The standard InChI is InChI=1S/C15H15NO5/c1-19-10-5-6-14(20-2)11(8-10)15(18)21-9-13(17)12-4-3-7-16-12/h3-8,16H,9H2,1-2H3. The van der Waals surface area contributed by atoms with Gasteiger partial charge in [-0.25, -0.2) is 4.79 Å². The molecule has 1 aromatic heterocycles. The summed E-state index contributed by atoms with van der Waals surface area (Å²) in [5, 5.41) is 0. The summed E-state index contributed by atoms with van der Waals surface area (Å²) in [6.45, 7) is -0.348. The zero-order valence-electron chi connectivity index (χ0n) is 11.7. The van der Waals surface area contributed by atoms with Gasteiger partial charge >= 0.3 is 5.97 Å². The number of carbonyl (C=O) groups is 2. The maximum atomic E-state index is 12.0. The van der Waals surface area contributed by atoms with Crippen molar-refractivity contribution in [2.75, 3.05) is 20.8 Å². The van der Waals surface area contributed by atoms with Crippen LogP contribution >= 0.6 is 0 Å². The van der Waals surface area contributed by atoms with Gasteiger partial charge in [0.05, 0.1) is 19.9 Å². The van der Waals surface area contributed by atoms with Crippen molar-refractivity contribution in [1.29, 1.82) is 0 Å². The number of aromatic amines is 1. The molecule has 1 heterocycles. The second kappa shape index (κ2) is 6.60. The van der Waals surface area contributed by atoms with Gasteiger partial charge in [-0.15, -0.1) is 0 Å². The molecule has 21 heavy (non-hydrogen) atoms. The quantitative estimate of drug-likeness (QED) is 0.650. The minimum Gasteiger partial charge on any atom is -0.497 e. The van der Waals surface area contributed by atoms with Crippen LogP contribution in [0.25, 0.3) is 0 Å². The number of carbonyl (C=O) groups excluding carboxylic acids is 2. The van der Waals surface area contributed by atoms with Crippen LogP contribution < -0.4 is 9.47 Å². The first-order valence-electron chi connectivity index (χ1n) is 6.21. The second-order valence-electron chi connectivity index (χ2n) is 4.15. The van der Waals surface area contributed by atoms with E-state index in [1.165, 1.54) is 20.3 Å². The monoisotopic (exact) mass is 289 g/mol. The summed E-state index contributed by atoms with van der Waals surface area (Å²) in [4.78, 5) is 26.6. The van der Waals surface area contributed by atoms with Gasteiger partial charge in [-0.05, 0) is 30.3 Å². The van der Waals surface area contributed by atoms with Gasteiger partial charge in [0.25, 0.3) is 0 Å². The lowest BCUT2D eigenvalue weighted by molar-refractivity contribution is 0.0470. The van der Waals surface area contributed by atoms with E-state index in [2.05, 4.69) is 4.98 Å². The van der Waals surface area contributed by atoms with Crippen LogP contribution in [0.2, 0.25) is 0 Å². The Morgan fingerprint density at radius 1 is 1.14 bits per heavy atom. The highest BCUT2D eigenvalue weighted by Crippen LogP contribution is 2.24. The Balaban J connectivity index is 2.08. The fraction of sp³-hybridized carbons (Fsp3) is 0.200. The van der Waals surface area contributed by atoms with Gasteiger partial charge in [0, 0.05) is 6.20 Å². The molecule has 0 saturated carbocycles. The molecule has 6 nitrogen and oxygen atoms in total. The van der Waals surface area contributed by atoms with Crippen molar-refractivity contribution < 1.29 is 23.8 Å². The molecule has 1 aromatic carbocycles. The topological polar surface area (TPSA) is 77.6 Å². The third kappa shape index (κ3) is 3.42. The smallest absolute Gasteiger partial charge is 0.342 e. The molecule has 0 aliphatic rings. The Labute approximate surface area is 121 Å². The average molecular weight is 289 g/mol. The number of Topliss-reactive ketones (excluding diaryl/α,β-unsaturated/α-hetero) is 1. The Kier molecular flexibility index (Phi) is 4.61. The molecule has 2 aromatic rings.